The van der Waals surface area contributed by atoms with E-state index >= 15 is 0 Å². The molecule has 9 heteroatoms. The lowest BCUT2D eigenvalue weighted by molar-refractivity contribution is -0.142. The van der Waals surface area contributed by atoms with E-state index in [1.165, 1.54) is 0 Å². The average molecular weight is 635 g/mol. The minimum atomic E-state index is -1.17. The van der Waals surface area contributed by atoms with Gasteiger partial charge in [-0.1, -0.05) is 97.1 Å². The van der Waals surface area contributed by atoms with E-state index in [2.05, 4.69) is 21.6 Å². The number of aromatic hydroxyl groups is 1. The highest BCUT2D eigenvalue weighted by atomic mass is 16.4. The largest absolute Gasteiger partial charge is 0.508 e. The Morgan fingerprint density at radius 1 is 0.745 bits per heavy atom. The first-order valence-corrected chi connectivity index (χ1v) is 15.9. The number of rotatable bonds is 13. The van der Waals surface area contributed by atoms with Crippen LogP contribution in [0.25, 0.3) is 0 Å². The molecule has 47 heavy (non-hydrogen) atoms. The Kier molecular flexibility index (Phi) is 10.7. The topological polar surface area (TPSA) is 145 Å². The molecule has 5 rings (SSSR count). The number of carboxylic acids is 1. The molecular weight excluding hydrogens is 592 g/mol. The first kappa shape index (κ1) is 33.4. The molecular formula is C38H42N4O5. The number of nitrogens with one attached hydrogen (secondary N) is 2. The Morgan fingerprint density at radius 3 is 1.87 bits per heavy atom. The number of aliphatic carboxylic acids is 1. The van der Waals surface area contributed by atoms with Crippen LogP contribution in [0.4, 0.5) is 0 Å². The molecule has 0 saturated heterocycles. The second-order valence-corrected chi connectivity index (χ2v) is 12.5. The Morgan fingerprint density at radius 2 is 1.28 bits per heavy atom. The number of nitrogens with zero attached hydrogens (tertiary/aromatic N) is 1. The maximum absolute atomic E-state index is 14.4. The van der Waals surface area contributed by atoms with Crippen LogP contribution in [-0.4, -0.2) is 63.1 Å². The zero-order valence-electron chi connectivity index (χ0n) is 26.5. The summed E-state index contributed by atoms with van der Waals surface area (Å²) < 4.78 is 0. The van der Waals surface area contributed by atoms with Gasteiger partial charge < -0.3 is 26.6 Å². The maximum Gasteiger partial charge on any atom is 0.326 e. The van der Waals surface area contributed by atoms with E-state index in [0.29, 0.717) is 25.9 Å². The van der Waals surface area contributed by atoms with Crippen LogP contribution >= 0.6 is 0 Å². The molecule has 1 aliphatic heterocycles. The summed E-state index contributed by atoms with van der Waals surface area (Å²) in [5, 5.41) is 25.4. The molecule has 0 fully saturated rings. The SMILES string of the molecule is C[C@@]1(C(=O)N[C@@H](Cc2ccccc2)C(=O)N[C@@H](Cc2ccccc2)C(=O)O)Cc2ccccc2CN1C[C@@H](N)Cc1ccc(O)cc1. The third-order valence-electron chi connectivity index (χ3n) is 8.89. The standard InChI is InChI=1S/C38H42N4O5/c1-38(23-29-14-8-9-15-30(29)24-42(38)25-31(39)20-28-16-18-32(43)19-17-28)37(47)41-33(21-26-10-4-2-5-11-26)35(44)40-34(36(45)46)22-27-12-6-3-7-13-27/h2-19,31,33-34,43H,20-25,39H2,1H3,(H,40,44)(H,41,47)(H,45,46)/t31-,33-,34-,38-/m0/s1. The van der Waals surface area contributed by atoms with Gasteiger partial charge >= 0.3 is 5.97 Å². The van der Waals surface area contributed by atoms with Gasteiger partial charge in [0.2, 0.25) is 11.8 Å². The normalized spacial score (nSPS) is 17.9. The molecule has 6 N–H and O–H groups in total. The number of carboxylic acid groups (broad SMARTS) is 1. The number of carbonyl (C=O) groups excluding carboxylic acids is 2. The van der Waals surface area contributed by atoms with Crippen LogP contribution < -0.4 is 16.4 Å². The minimum Gasteiger partial charge on any atom is -0.508 e. The summed E-state index contributed by atoms with van der Waals surface area (Å²) in [7, 11) is 0. The first-order valence-electron chi connectivity index (χ1n) is 15.9. The van der Waals surface area contributed by atoms with Crippen molar-refractivity contribution in [2.45, 2.75) is 62.8 Å². The first-order chi connectivity index (χ1) is 22.6. The number of fused-ring (bicyclic) bond motifs is 1. The van der Waals surface area contributed by atoms with Gasteiger partial charge in [0.1, 0.15) is 23.4 Å². The molecule has 244 valence electrons. The van der Waals surface area contributed by atoms with Crippen molar-refractivity contribution in [1.82, 2.24) is 15.5 Å². The molecule has 4 atom stereocenters. The Hall–Kier alpha value is -4.99. The van der Waals surface area contributed by atoms with E-state index in [-0.39, 0.29) is 30.5 Å². The molecule has 1 heterocycles. The summed E-state index contributed by atoms with van der Waals surface area (Å²) in [4.78, 5) is 42.5. The van der Waals surface area contributed by atoms with Crippen molar-refractivity contribution in [3.8, 4) is 5.75 Å². The Balaban J connectivity index is 1.39. The molecule has 0 unspecified atom stereocenters. The lowest BCUT2D eigenvalue weighted by Gasteiger charge is -2.45. The van der Waals surface area contributed by atoms with E-state index in [9.17, 15) is 24.6 Å². The zero-order valence-corrected chi connectivity index (χ0v) is 26.5. The predicted molar refractivity (Wildman–Crippen MR) is 181 cm³/mol. The van der Waals surface area contributed by atoms with Gasteiger partial charge in [0.15, 0.2) is 0 Å². The number of nitrogens with two attached hydrogens (primary N) is 1. The molecule has 0 saturated carbocycles. The molecule has 0 aliphatic carbocycles. The van der Waals surface area contributed by atoms with E-state index in [1.54, 1.807) is 12.1 Å². The third kappa shape index (κ3) is 8.64. The molecule has 4 aromatic carbocycles. The fourth-order valence-corrected chi connectivity index (χ4v) is 6.21. The molecule has 0 aromatic heterocycles. The number of carbonyl (C=O) groups is 3. The van der Waals surface area contributed by atoms with E-state index in [4.69, 9.17) is 5.73 Å². The van der Waals surface area contributed by atoms with Gasteiger partial charge in [-0.2, -0.15) is 0 Å². The summed E-state index contributed by atoms with van der Waals surface area (Å²) >= 11 is 0. The summed E-state index contributed by atoms with van der Waals surface area (Å²) in [6.45, 7) is 2.78. The van der Waals surface area contributed by atoms with Crippen LogP contribution in [0.3, 0.4) is 0 Å². The maximum atomic E-state index is 14.4. The van der Waals surface area contributed by atoms with Crippen LogP contribution in [0.5, 0.6) is 5.75 Å². The number of hydrogen-bond acceptors (Lipinski definition) is 6. The average Bonchev–Trinajstić information content (AvgIpc) is 3.06. The smallest absolute Gasteiger partial charge is 0.326 e. The quantitative estimate of drug-likeness (QED) is 0.151. The molecule has 2 amide bonds. The summed E-state index contributed by atoms with van der Waals surface area (Å²) in [5.41, 5.74) is 10.3. The van der Waals surface area contributed by atoms with Gasteiger partial charge in [-0.05, 0) is 59.7 Å². The molecule has 0 radical (unpaired) electrons. The van der Waals surface area contributed by atoms with Crippen LogP contribution in [0.15, 0.2) is 109 Å². The van der Waals surface area contributed by atoms with Gasteiger partial charge in [-0.25, -0.2) is 4.79 Å². The number of phenolic OH excluding ortho intramolecular Hbond substituents is 1. The monoisotopic (exact) mass is 634 g/mol. The van der Waals surface area contributed by atoms with Crippen molar-refractivity contribution in [2.24, 2.45) is 5.73 Å². The van der Waals surface area contributed by atoms with Gasteiger partial charge in [0.05, 0.1) is 0 Å². The summed E-state index contributed by atoms with van der Waals surface area (Å²) in [6, 6.07) is 30.9. The van der Waals surface area contributed by atoms with Crippen LogP contribution in [0.1, 0.15) is 34.7 Å². The van der Waals surface area contributed by atoms with Gasteiger partial charge in [-0.15, -0.1) is 0 Å². The molecule has 0 spiro atoms. The van der Waals surface area contributed by atoms with Crippen molar-refractivity contribution in [3.05, 3.63) is 137 Å². The lowest BCUT2D eigenvalue weighted by Crippen LogP contribution is -2.64. The van der Waals surface area contributed by atoms with Crippen LogP contribution in [-0.2, 0) is 46.6 Å². The number of phenols is 1. The van der Waals surface area contributed by atoms with Crippen LogP contribution in [0.2, 0.25) is 0 Å². The predicted octanol–water partition coefficient (Wildman–Crippen LogP) is 3.62. The second-order valence-electron chi connectivity index (χ2n) is 12.5. The Bertz CT molecular complexity index is 1660. The molecule has 1 aliphatic rings. The van der Waals surface area contributed by atoms with Gasteiger partial charge in [-0.3, -0.25) is 14.5 Å². The van der Waals surface area contributed by atoms with Crippen molar-refractivity contribution < 1.29 is 24.6 Å². The van der Waals surface area contributed by atoms with Gasteiger partial charge in [0.25, 0.3) is 0 Å². The number of hydrogen-bond donors (Lipinski definition) is 5. The highest BCUT2D eigenvalue weighted by Crippen LogP contribution is 2.32. The van der Waals surface area contributed by atoms with E-state index in [1.807, 2.05) is 97.9 Å². The van der Waals surface area contributed by atoms with Crippen molar-refractivity contribution in [3.63, 3.8) is 0 Å². The van der Waals surface area contributed by atoms with Crippen molar-refractivity contribution in [2.75, 3.05) is 6.54 Å². The van der Waals surface area contributed by atoms with E-state index in [0.717, 1.165) is 27.8 Å². The highest BCUT2D eigenvalue weighted by Gasteiger charge is 2.44. The zero-order chi connectivity index (χ0) is 33.4. The Labute approximate surface area is 275 Å². The molecule has 4 aromatic rings. The fourth-order valence-electron chi connectivity index (χ4n) is 6.21. The number of amides is 2. The second kappa shape index (κ2) is 15.1. The van der Waals surface area contributed by atoms with E-state index < -0.39 is 29.5 Å². The summed E-state index contributed by atoms with van der Waals surface area (Å²) in [6.07, 6.45) is 1.25. The molecule has 9 nitrogen and oxygen atoms in total. The van der Waals surface area contributed by atoms with Crippen molar-refractivity contribution >= 4 is 17.8 Å². The number of benzene rings is 4. The van der Waals surface area contributed by atoms with Gasteiger partial charge in [0, 0.05) is 32.0 Å². The molecule has 0 bridgehead atoms. The minimum absolute atomic E-state index is 0.106. The third-order valence-corrected chi connectivity index (χ3v) is 8.89. The van der Waals surface area contributed by atoms with Crippen molar-refractivity contribution in [1.29, 1.82) is 0 Å². The lowest BCUT2D eigenvalue weighted by atomic mass is 9.82. The summed E-state index contributed by atoms with van der Waals surface area (Å²) in [5.74, 6) is -1.88. The highest BCUT2D eigenvalue weighted by molar-refractivity contribution is 5.94. The fraction of sp³-hybridized carbons (Fsp3) is 0.289. The van der Waals surface area contributed by atoms with Crippen LogP contribution in [0, 0.1) is 0 Å².